The Kier molecular flexibility index (Phi) is 3.73. The van der Waals surface area contributed by atoms with Crippen molar-refractivity contribution in [2.24, 2.45) is 0 Å². The summed E-state index contributed by atoms with van der Waals surface area (Å²) in [6.45, 7) is 0. The first kappa shape index (κ1) is 15.7. The molecule has 0 bridgehead atoms. The van der Waals surface area contributed by atoms with Crippen LogP contribution < -0.4 is 4.90 Å². The van der Waals surface area contributed by atoms with E-state index in [2.05, 4.69) is 24.3 Å². The van der Waals surface area contributed by atoms with Gasteiger partial charge in [-0.15, -0.1) is 0 Å². The normalized spacial score (nSPS) is 16.3. The fourth-order valence-electron chi connectivity index (χ4n) is 3.35. The highest BCUT2D eigenvalue weighted by atomic mass is 16.4. The molecule has 0 amide bonds. The van der Waals surface area contributed by atoms with Crippen LogP contribution in [0.1, 0.15) is 64.6 Å². The molecule has 0 heterocycles. The Bertz CT molecular complexity index is 859. The maximum absolute atomic E-state index is 11.2. The number of hydrogen-bond acceptors (Lipinski definition) is 3. The maximum Gasteiger partial charge on any atom is 0.335 e. The fraction of sp³-hybridized carbons (Fsp3) is 0.333. The number of hydrogen-bond donors (Lipinski definition) is 1. The number of anilines is 2. The number of aromatic carboxylic acids is 1. The molecule has 0 radical (unpaired) electrons. The second-order valence-corrected chi connectivity index (χ2v) is 7.11. The highest BCUT2D eigenvalue weighted by Gasteiger charge is 2.29. The molecule has 0 spiro atoms. The van der Waals surface area contributed by atoms with E-state index in [0.29, 0.717) is 17.4 Å². The van der Waals surface area contributed by atoms with E-state index in [4.69, 9.17) is 5.11 Å². The molecule has 4 heteroatoms. The van der Waals surface area contributed by atoms with E-state index in [1.165, 1.54) is 42.9 Å². The van der Waals surface area contributed by atoms with Crippen molar-refractivity contribution >= 4 is 17.3 Å². The zero-order valence-corrected chi connectivity index (χ0v) is 14.2. The van der Waals surface area contributed by atoms with Crippen molar-refractivity contribution in [3.8, 4) is 6.07 Å². The van der Waals surface area contributed by atoms with Gasteiger partial charge in [-0.3, -0.25) is 0 Å². The van der Waals surface area contributed by atoms with Crippen molar-refractivity contribution in [2.75, 3.05) is 11.9 Å². The zero-order valence-electron chi connectivity index (χ0n) is 14.2. The Labute approximate surface area is 147 Å². The predicted molar refractivity (Wildman–Crippen MR) is 96.6 cm³/mol. The molecule has 2 fully saturated rings. The molecule has 2 saturated carbocycles. The molecule has 2 aliphatic carbocycles. The summed E-state index contributed by atoms with van der Waals surface area (Å²) in [6, 6.07) is 13.7. The lowest BCUT2D eigenvalue weighted by Gasteiger charge is -2.23. The van der Waals surface area contributed by atoms with Gasteiger partial charge in [-0.25, -0.2) is 4.79 Å². The van der Waals surface area contributed by atoms with Crippen molar-refractivity contribution in [3.05, 3.63) is 58.7 Å². The number of carbonyl (C=O) groups is 1. The lowest BCUT2D eigenvalue weighted by atomic mass is 10.0. The van der Waals surface area contributed by atoms with Crippen LogP contribution in [0.5, 0.6) is 0 Å². The van der Waals surface area contributed by atoms with Gasteiger partial charge in [-0.2, -0.15) is 5.26 Å². The second-order valence-electron chi connectivity index (χ2n) is 7.11. The van der Waals surface area contributed by atoms with Gasteiger partial charge < -0.3 is 10.0 Å². The number of benzene rings is 2. The summed E-state index contributed by atoms with van der Waals surface area (Å²) in [5.41, 5.74) is 5.12. The van der Waals surface area contributed by atoms with Gasteiger partial charge in [0.25, 0.3) is 0 Å². The molecule has 2 aromatic carbocycles. The standard InChI is InChI=1S/C21H20N2O2/c1-23(20-7-6-15(21(24)25)8-18(20)12-22)19-10-16(13-2-3-13)9-17(11-19)14-4-5-14/h6-11,13-14H,2-5H2,1H3,(H,24,25). The van der Waals surface area contributed by atoms with E-state index in [9.17, 15) is 10.1 Å². The molecule has 1 N–H and O–H groups in total. The van der Waals surface area contributed by atoms with Crippen molar-refractivity contribution in [1.29, 1.82) is 5.26 Å². The minimum atomic E-state index is -1.02. The fourth-order valence-corrected chi connectivity index (χ4v) is 3.35. The van der Waals surface area contributed by atoms with Crippen molar-refractivity contribution in [1.82, 2.24) is 0 Å². The van der Waals surface area contributed by atoms with Gasteiger partial charge in [0.15, 0.2) is 0 Å². The largest absolute Gasteiger partial charge is 0.478 e. The molecule has 0 aromatic heterocycles. The first-order valence-corrected chi connectivity index (χ1v) is 8.73. The molecule has 25 heavy (non-hydrogen) atoms. The summed E-state index contributed by atoms with van der Waals surface area (Å²) in [5, 5.41) is 18.6. The third-order valence-electron chi connectivity index (χ3n) is 5.17. The summed E-state index contributed by atoms with van der Waals surface area (Å²) < 4.78 is 0. The third kappa shape index (κ3) is 3.10. The Morgan fingerprint density at radius 2 is 1.68 bits per heavy atom. The monoisotopic (exact) mass is 332 g/mol. The molecule has 4 nitrogen and oxygen atoms in total. The van der Waals surface area contributed by atoms with Crippen molar-refractivity contribution < 1.29 is 9.90 Å². The second kappa shape index (κ2) is 5.93. The highest BCUT2D eigenvalue weighted by Crippen LogP contribution is 2.47. The first-order chi connectivity index (χ1) is 12.1. The summed E-state index contributed by atoms with van der Waals surface area (Å²) in [4.78, 5) is 13.2. The SMILES string of the molecule is CN(c1cc(C2CC2)cc(C2CC2)c1)c1ccc(C(=O)O)cc1C#N. The lowest BCUT2D eigenvalue weighted by molar-refractivity contribution is 0.0697. The summed E-state index contributed by atoms with van der Waals surface area (Å²) in [5.74, 6) is 0.337. The maximum atomic E-state index is 11.2. The van der Waals surface area contributed by atoms with Gasteiger partial charge in [0.1, 0.15) is 6.07 Å². The van der Waals surface area contributed by atoms with Crippen LogP contribution in [0.4, 0.5) is 11.4 Å². The van der Waals surface area contributed by atoms with Gasteiger partial charge in [-0.05, 0) is 79.0 Å². The van der Waals surface area contributed by atoms with Crippen LogP contribution in [-0.4, -0.2) is 18.1 Å². The molecular formula is C21H20N2O2. The zero-order chi connectivity index (χ0) is 17.6. The number of nitrogens with zero attached hydrogens (tertiary/aromatic N) is 2. The van der Waals surface area contributed by atoms with Crippen molar-refractivity contribution in [2.45, 2.75) is 37.5 Å². The molecule has 2 aromatic rings. The van der Waals surface area contributed by atoms with E-state index in [0.717, 1.165) is 11.4 Å². The molecule has 0 atom stereocenters. The van der Waals surface area contributed by atoms with E-state index in [-0.39, 0.29) is 5.56 Å². The lowest BCUT2D eigenvalue weighted by Crippen LogP contribution is -2.12. The van der Waals surface area contributed by atoms with E-state index in [1.807, 2.05) is 11.9 Å². The molecular weight excluding hydrogens is 312 g/mol. The Morgan fingerprint density at radius 3 is 2.16 bits per heavy atom. The minimum absolute atomic E-state index is 0.138. The van der Waals surface area contributed by atoms with Gasteiger partial charge in [-0.1, -0.05) is 6.07 Å². The van der Waals surface area contributed by atoms with Crippen LogP contribution in [0.3, 0.4) is 0 Å². The Morgan fingerprint density at radius 1 is 1.08 bits per heavy atom. The van der Waals surface area contributed by atoms with Crippen LogP contribution in [0.2, 0.25) is 0 Å². The summed E-state index contributed by atoms with van der Waals surface area (Å²) >= 11 is 0. The van der Waals surface area contributed by atoms with Crippen LogP contribution in [0.25, 0.3) is 0 Å². The molecule has 0 saturated heterocycles. The predicted octanol–water partition coefficient (Wildman–Crippen LogP) is 4.78. The smallest absolute Gasteiger partial charge is 0.335 e. The van der Waals surface area contributed by atoms with Crippen molar-refractivity contribution in [3.63, 3.8) is 0 Å². The van der Waals surface area contributed by atoms with Crippen LogP contribution in [0.15, 0.2) is 36.4 Å². The van der Waals surface area contributed by atoms with Gasteiger partial charge in [0.05, 0.1) is 16.8 Å². The highest BCUT2D eigenvalue weighted by molar-refractivity contribution is 5.89. The summed E-state index contributed by atoms with van der Waals surface area (Å²) in [6.07, 6.45) is 5.03. The quantitative estimate of drug-likeness (QED) is 0.856. The van der Waals surface area contributed by atoms with Gasteiger partial charge >= 0.3 is 5.97 Å². The number of nitriles is 1. The summed E-state index contributed by atoms with van der Waals surface area (Å²) in [7, 11) is 1.94. The Hall–Kier alpha value is -2.80. The average Bonchev–Trinajstić information content (AvgIpc) is 3.51. The minimum Gasteiger partial charge on any atom is -0.478 e. The molecule has 0 aliphatic heterocycles. The Balaban J connectivity index is 1.74. The van der Waals surface area contributed by atoms with Gasteiger partial charge in [0, 0.05) is 12.7 Å². The molecule has 4 rings (SSSR count). The number of carboxylic acids is 1. The topological polar surface area (TPSA) is 64.3 Å². The van der Waals surface area contributed by atoms with E-state index < -0.39 is 5.97 Å². The van der Waals surface area contributed by atoms with E-state index >= 15 is 0 Å². The third-order valence-corrected chi connectivity index (χ3v) is 5.17. The number of rotatable bonds is 5. The molecule has 126 valence electrons. The van der Waals surface area contributed by atoms with Crippen LogP contribution >= 0.6 is 0 Å². The average molecular weight is 332 g/mol. The van der Waals surface area contributed by atoms with Crippen LogP contribution in [-0.2, 0) is 0 Å². The first-order valence-electron chi connectivity index (χ1n) is 8.73. The molecule has 2 aliphatic rings. The van der Waals surface area contributed by atoms with Crippen LogP contribution in [0, 0.1) is 11.3 Å². The molecule has 0 unspecified atom stereocenters. The van der Waals surface area contributed by atoms with E-state index in [1.54, 1.807) is 12.1 Å². The van der Waals surface area contributed by atoms with Gasteiger partial charge in [0.2, 0.25) is 0 Å². The number of carboxylic acid groups (broad SMARTS) is 1.